The van der Waals surface area contributed by atoms with Gasteiger partial charge < -0.3 is 5.73 Å². The van der Waals surface area contributed by atoms with Crippen molar-refractivity contribution in [2.24, 2.45) is 5.73 Å². The van der Waals surface area contributed by atoms with E-state index in [2.05, 4.69) is 10.9 Å². The smallest absolute Gasteiger partial charge is 0.127 e. The molecule has 0 bridgehead atoms. The highest BCUT2D eigenvalue weighted by Crippen LogP contribution is 2.38. The minimum atomic E-state index is -0.190. The number of nitrogens with zero attached hydrogens (tertiary/aromatic N) is 1. The molecule has 0 atom stereocenters. The van der Waals surface area contributed by atoms with E-state index in [0.717, 1.165) is 28.4 Å². The number of aromatic nitrogens is 1. The predicted molar refractivity (Wildman–Crippen MR) is 59.1 cm³/mol. The zero-order valence-electron chi connectivity index (χ0n) is 8.34. The fourth-order valence-electron chi connectivity index (χ4n) is 1.96. The second-order valence-corrected chi connectivity index (χ2v) is 5.13. The van der Waals surface area contributed by atoms with Crippen LogP contribution in [-0.4, -0.2) is 4.98 Å². The molecule has 74 valence electrons. The van der Waals surface area contributed by atoms with Gasteiger partial charge in [0.2, 0.25) is 0 Å². The van der Waals surface area contributed by atoms with Crippen LogP contribution >= 0.6 is 11.3 Å². The fraction of sp³-hybridized carbons (Fsp3) is 0.545. The van der Waals surface area contributed by atoms with E-state index in [0.29, 0.717) is 0 Å². The van der Waals surface area contributed by atoms with Crippen molar-refractivity contribution in [3.05, 3.63) is 15.6 Å². The summed E-state index contributed by atoms with van der Waals surface area (Å²) < 4.78 is 0. The lowest BCUT2D eigenvalue weighted by molar-refractivity contribution is 0.459. The Bertz CT molecular complexity index is 380. The van der Waals surface area contributed by atoms with Crippen molar-refractivity contribution < 1.29 is 0 Å². The van der Waals surface area contributed by atoms with E-state index in [9.17, 15) is 0 Å². The molecular formula is C11H14N2S. The summed E-state index contributed by atoms with van der Waals surface area (Å²) in [7, 11) is 0. The molecule has 14 heavy (non-hydrogen) atoms. The topological polar surface area (TPSA) is 38.9 Å². The van der Waals surface area contributed by atoms with Gasteiger partial charge in [-0.3, -0.25) is 0 Å². The minimum Gasteiger partial charge on any atom is -0.319 e. The summed E-state index contributed by atoms with van der Waals surface area (Å²) in [5.41, 5.74) is 6.87. The van der Waals surface area contributed by atoms with Gasteiger partial charge in [0.25, 0.3) is 0 Å². The van der Waals surface area contributed by atoms with Gasteiger partial charge in [-0.05, 0) is 25.7 Å². The van der Waals surface area contributed by atoms with Gasteiger partial charge in [-0.2, -0.15) is 0 Å². The van der Waals surface area contributed by atoms with Gasteiger partial charge in [0.15, 0.2) is 0 Å². The van der Waals surface area contributed by atoms with Crippen LogP contribution in [0, 0.1) is 19.3 Å². The van der Waals surface area contributed by atoms with Crippen molar-refractivity contribution in [2.45, 2.75) is 38.1 Å². The Labute approximate surface area is 88.5 Å². The average Bonchev–Trinajstić information content (AvgIpc) is 2.73. The highest BCUT2D eigenvalue weighted by atomic mass is 32.1. The molecule has 0 aliphatic heterocycles. The van der Waals surface area contributed by atoms with Gasteiger partial charge in [0.1, 0.15) is 10.7 Å². The molecule has 0 unspecified atom stereocenters. The van der Waals surface area contributed by atoms with Crippen LogP contribution in [0.3, 0.4) is 0 Å². The SMILES string of the molecule is C#Cc1nc(C2(N)CCCC2)sc1C. The van der Waals surface area contributed by atoms with Crippen LogP contribution in [0.15, 0.2) is 0 Å². The van der Waals surface area contributed by atoms with Gasteiger partial charge in [-0.25, -0.2) is 4.98 Å². The molecule has 0 aromatic carbocycles. The van der Waals surface area contributed by atoms with E-state index < -0.39 is 0 Å². The highest BCUT2D eigenvalue weighted by Gasteiger charge is 2.34. The summed E-state index contributed by atoms with van der Waals surface area (Å²) in [6.07, 6.45) is 9.87. The molecule has 1 aromatic rings. The van der Waals surface area contributed by atoms with Crippen LogP contribution in [0.1, 0.15) is 41.3 Å². The molecule has 0 saturated heterocycles. The number of rotatable bonds is 1. The van der Waals surface area contributed by atoms with Gasteiger partial charge in [0.05, 0.1) is 5.54 Å². The van der Waals surface area contributed by atoms with Gasteiger partial charge >= 0.3 is 0 Å². The first-order valence-electron chi connectivity index (χ1n) is 4.89. The van der Waals surface area contributed by atoms with E-state index in [1.165, 1.54) is 12.8 Å². The molecule has 3 heteroatoms. The van der Waals surface area contributed by atoms with Crippen LogP contribution < -0.4 is 5.73 Å². The Kier molecular flexibility index (Phi) is 2.34. The van der Waals surface area contributed by atoms with E-state index in [-0.39, 0.29) is 5.54 Å². The number of hydrogen-bond donors (Lipinski definition) is 1. The van der Waals surface area contributed by atoms with Crippen molar-refractivity contribution in [1.29, 1.82) is 0 Å². The van der Waals surface area contributed by atoms with Gasteiger partial charge in [0, 0.05) is 4.88 Å². The van der Waals surface area contributed by atoms with E-state index >= 15 is 0 Å². The predicted octanol–water partition coefficient (Wildman–Crippen LogP) is 2.16. The molecule has 2 N–H and O–H groups in total. The van der Waals surface area contributed by atoms with Crippen molar-refractivity contribution in [2.75, 3.05) is 0 Å². The summed E-state index contributed by atoms with van der Waals surface area (Å²) in [5, 5.41) is 1.03. The van der Waals surface area contributed by atoms with Crippen LogP contribution in [0.4, 0.5) is 0 Å². The Morgan fingerprint density at radius 3 is 2.64 bits per heavy atom. The van der Waals surface area contributed by atoms with E-state index in [1.807, 2.05) is 6.92 Å². The number of aryl methyl sites for hydroxylation is 1. The first kappa shape index (κ1) is 9.70. The third-order valence-electron chi connectivity index (χ3n) is 2.86. The lowest BCUT2D eigenvalue weighted by Crippen LogP contribution is -2.32. The molecule has 1 saturated carbocycles. The lowest BCUT2D eigenvalue weighted by Gasteiger charge is -2.19. The molecule has 1 fully saturated rings. The number of thiazole rings is 1. The molecule has 0 radical (unpaired) electrons. The summed E-state index contributed by atoms with van der Waals surface area (Å²) in [6, 6.07) is 0. The Balaban J connectivity index is 2.37. The largest absolute Gasteiger partial charge is 0.319 e. The zero-order valence-corrected chi connectivity index (χ0v) is 9.16. The second-order valence-electron chi connectivity index (χ2n) is 3.93. The Hall–Kier alpha value is -0.850. The molecule has 0 amide bonds. The summed E-state index contributed by atoms with van der Waals surface area (Å²) in [6.45, 7) is 2.01. The summed E-state index contributed by atoms with van der Waals surface area (Å²) in [4.78, 5) is 5.55. The third kappa shape index (κ3) is 1.45. The first-order chi connectivity index (χ1) is 6.65. The number of nitrogens with two attached hydrogens (primary N) is 1. The third-order valence-corrected chi connectivity index (χ3v) is 4.05. The second kappa shape index (κ2) is 3.38. The molecule has 1 aromatic heterocycles. The molecule has 1 heterocycles. The van der Waals surface area contributed by atoms with Crippen molar-refractivity contribution in [3.63, 3.8) is 0 Å². The summed E-state index contributed by atoms with van der Waals surface area (Å²) >= 11 is 1.66. The molecule has 0 spiro atoms. The maximum absolute atomic E-state index is 6.30. The minimum absolute atomic E-state index is 0.190. The quantitative estimate of drug-likeness (QED) is 0.715. The highest BCUT2D eigenvalue weighted by molar-refractivity contribution is 7.11. The monoisotopic (exact) mass is 206 g/mol. The van der Waals surface area contributed by atoms with E-state index in [1.54, 1.807) is 11.3 Å². The molecule has 1 aliphatic rings. The Morgan fingerprint density at radius 1 is 1.50 bits per heavy atom. The van der Waals surface area contributed by atoms with Gasteiger partial charge in [-0.1, -0.05) is 12.8 Å². The summed E-state index contributed by atoms with van der Waals surface area (Å²) in [5.74, 6) is 2.60. The van der Waals surface area contributed by atoms with Crippen LogP contribution in [0.2, 0.25) is 0 Å². The zero-order chi connectivity index (χ0) is 10.2. The van der Waals surface area contributed by atoms with Crippen LogP contribution in [0.5, 0.6) is 0 Å². The number of hydrogen-bond acceptors (Lipinski definition) is 3. The molecule has 2 nitrogen and oxygen atoms in total. The molecule has 1 aliphatic carbocycles. The van der Waals surface area contributed by atoms with Crippen molar-refractivity contribution in [3.8, 4) is 12.3 Å². The van der Waals surface area contributed by atoms with E-state index in [4.69, 9.17) is 12.2 Å². The van der Waals surface area contributed by atoms with Crippen molar-refractivity contribution >= 4 is 11.3 Å². The van der Waals surface area contributed by atoms with Gasteiger partial charge in [-0.15, -0.1) is 17.8 Å². The molecule has 2 rings (SSSR count). The maximum Gasteiger partial charge on any atom is 0.127 e. The molecular weight excluding hydrogens is 192 g/mol. The lowest BCUT2D eigenvalue weighted by atomic mass is 10.0. The Morgan fingerprint density at radius 2 is 2.14 bits per heavy atom. The number of terminal acetylenes is 1. The van der Waals surface area contributed by atoms with Crippen LogP contribution in [-0.2, 0) is 5.54 Å². The normalized spacial score (nSPS) is 19.5. The van der Waals surface area contributed by atoms with Crippen LogP contribution in [0.25, 0.3) is 0 Å². The first-order valence-corrected chi connectivity index (χ1v) is 5.71. The average molecular weight is 206 g/mol. The fourth-order valence-corrected chi connectivity index (χ4v) is 3.00. The standard InChI is InChI=1S/C11H14N2S/c1-3-9-8(2)14-10(13-9)11(12)6-4-5-7-11/h1H,4-7,12H2,2H3. The maximum atomic E-state index is 6.30. The van der Waals surface area contributed by atoms with Crippen molar-refractivity contribution in [1.82, 2.24) is 4.98 Å².